The monoisotopic (exact) mass is 340 g/mol. The summed E-state index contributed by atoms with van der Waals surface area (Å²) >= 11 is 0. The van der Waals surface area contributed by atoms with Gasteiger partial charge in [-0.1, -0.05) is 12.1 Å². The van der Waals surface area contributed by atoms with Gasteiger partial charge in [-0.25, -0.2) is 0 Å². The molecule has 2 aliphatic heterocycles. The van der Waals surface area contributed by atoms with E-state index >= 15 is 0 Å². The lowest BCUT2D eigenvalue weighted by Gasteiger charge is -2.42. The summed E-state index contributed by atoms with van der Waals surface area (Å²) in [7, 11) is 3.37. The fraction of sp³-hybridized carbons (Fsp3) is 0.450. The minimum Gasteiger partial charge on any atom is -0.497 e. The van der Waals surface area contributed by atoms with Crippen molar-refractivity contribution in [3.63, 3.8) is 0 Å². The average molecular weight is 340 g/mol. The van der Waals surface area contributed by atoms with Gasteiger partial charge in [0.2, 0.25) is 0 Å². The Morgan fingerprint density at radius 2 is 1.96 bits per heavy atom. The number of aromatic nitrogens is 1. The van der Waals surface area contributed by atoms with E-state index in [0.29, 0.717) is 11.8 Å². The van der Waals surface area contributed by atoms with Crippen LogP contribution in [0.2, 0.25) is 0 Å². The molecule has 2 atom stereocenters. The molecule has 25 heavy (non-hydrogen) atoms. The SMILES string of the molecule is COc1ccc(CN2CC3CC(C2)c2cccc(=O)n2C3)c(OC)c1. The van der Waals surface area contributed by atoms with Crippen LogP contribution in [0, 0.1) is 5.92 Å². The molecule has 1 aromatic heterocycles. The van der Waals surface area contributed by atoms with E-state index in [1.807, 2.05) is 22.8 Å². The van der Waals surface area contributed by atoms with Crippen LogP contribution >= 0.6 is 0 Å². The Morgan fingerprint density at radius 3 is 2.76 bits per heavy atom. The van der Waals surface area contributed by atoms with Crippen LogP contribution in [0.25, 0.3) is 0 Å². The predicted molar refractivity (Wildman–Crippen MR) is 96.4 cm³/mol. The lowest BCUT2D eigenvalue weighted by Crippen LogP contribution is -2.46. The van der Waals surface area contributed by atoms with Gasteiger partial charge >= 0.3 is 0 Å². The van der Waals surface area contributed by atoms with Gasteiger partial charge in [0, 0.05) is 55.5 Å². The summed E-state index contributed by atoms with van der Waals surface area (Å²) in [5.74, 6) is 2.65. The Hall–Kier alpha value is -2.27. The first-order valence-electron chi connectivity index (χ1n) is 8.81. The van der Waals surface area contributed by atoms with Gasteiger partial charge in [-0.15, -0.1) is 0 Å². The number of benzene rings is 1. The lowest BCUT2D eigenvalue weighted by molar-refractivity contribution is 0.113. The summed E-state index contributed by atoms with van der Waals surface area (Å²) in [6.07, 6.45) is 1.18. The number of piperidine rings is 1. The van der Waals surface area contributed by atoms with Crippen molar-refractivity contribution in [1.29, 1.82) is 0 Å². The molecule has 0 saturated carbocycles. The Morgan fingerprint density at radius 1 is 1.08 bits per heavy atom. The third-order valence-corrected chi connectivity index (χ3v) is 5.44. The molecule has 132 valence electrons. The van der Waals surface area contributed by atoms with E-state index in [4.69, 9.17) is 9.47 Å². The summed E-state index contributed by atoms with van der Waals surface area (Å²) in [5.41, 5.74) is 2.50. The van der Waals surface area contributed by atoms with Gasteiger partial charge in [-0.2, -0.15) is 0 Å². The summed E-state index contributed by atoms with van der Waals surface area (Å²) < 4.78 is 12.8. The Balaban J connectivity index is 1.56. The molecule has 5 nitrogen and oxygen atoms in total. The number of methoxy groups -OCH3 is 2. The van der Waals surface area contributed by atoms with Gasteiger partial charge in [-0.3, -0.25) is 9.69 Å². The molecule has 1 aromatic carbocycles. The van der Waals surface area contributed by atoms with E-state index in [0.717, 1.165) is 37.7 Å². The van der Waals surface area contributed by atoms with Crippen LogP contribution in [0.15, 0.2) is 41.2 Å². The molecular formula is C20H24N2O3. The van der Waals surface area contributed by atoms with Crippen LogP contribution in [0.5, 0.6) is 11.5 Å². The molecule has 4 rings (SSSR count). The normalized spacial score (nSPS) is 22.3. The highest BCUT2D eigenvalue weighted by Crippen LogP contribution is 2.36. The quantitative estimate of drug-likeness (QED) is 0.858. The molecule has 0 aliphatic carbocycles. The molecule has 1 fully saturated rings. The van der Waals surface area contributed by atoms with Crippen molar-refractivity contribution >= 4 is 0 Å². The van der Waals surface area contributed by atoms with Gasteiger partial charge in [-0.05, 0) is 24.5 Å². The molecule has 0 N–H and O–H groups in total. The zero-order valence-corrected chi connectivity index (χ0v) is 14.8. The number of fused-ring (bicyclic) bond motifs is 4. The van der Waals surface area contributed by atoms with Crippen LogP contribution in [-0.2, 0) is 13.1 Å². The second-order valence-corrected chi connectivity index (χ2v) is 7.07. The van der Waals surface area contributed by atoms with Crippen LogP contribution in [-0.4, -0.2) is 36.8 Å². The van der Waals surface area contributed by atoms with Gasteiger partial charge in [0.15, 0.2) is 0 Å². The predicted octanol–water partition coefficient (Wildman–Crippen LogP) is 2.48. The first-order valence-corrected chi connectivity index (χ1v) is 8.81. The number of nitrogens with zero attached hydrogens (tertiary/aromatic N) is 2. The van der Waals surface area contributed by atoms with E-state index in [-0.39, 0.29) is 5.56 Å². The molecule has 2 bridgehead atoms. The second kappa shape index (κ2) is 6.56. The van der Waals surface area contributed by atoms with Crippen molar-refractivity contribution in [2.75, 3.05) is 27.3 Å². The van der Waals surface area contributed by atoms with Crippen molar-refractivity contribution < 1.29 is 9.47 Å². The van der Waals surface area contributed by atoms with Crippen molar-refractivity contribution in [1.82, 2.24) is 9.47 Å². The molecular weight excluding hydrogens is 316 g/mol. The summed E-state index contributed by atoms with van der Waals surface area (Å²) in [6, 6.07) is 11.7. The third kappa shape index (κ3) is 3.04. The summed E-state index contributed by atoms with van der Waals surface area (Å²) in [4.78, 5) is 14.6. The maximum absolute atomic E-state index is 12.1. The summed E-state index contributed by atoms with van der Waals surface area (Å²) in [6.45, 7) is 3.70. The highest BCUT2D eigenvalue weighted by Gasteiger charge is 2.34. The average Bonchev–Trinajstić information content (AvgIpc) is 2.63. The van der Waals surface area contributed by atoms with Gasteiger partial charge in [0.1, 0.15) is 11.5 Å². The molecule has 2 aromatic rings. The van der Waals surface area contributed by atoms with Crippen molar-refractivity contribution in [2.45, 2.75) is 25.4 Å². The van der Waals surface area contributed by atoms with E-state index in [1.54, 1.807) is 20.3 Å². The number of hydrogen-bond acceptors (Lipinski definition) is 4. The smallest absolute Gasteiger partial charge is 0.250 e. The van der Waals surface area contributed by atoms with E-state index in [9.17, 15) is 4.79 Å². The Bertz CT molecular complexity index is 830. The van der Waals surface area contributed by atoms with Crippen molar-refractivity contribution in [3.05, 3.63) is 58.0 Å². The standard InChI is InChI=1S/C20H24N2O3/c1-24-17-7-6-15(19(9-17)25-2)12-21-10-14-8-16(13-21)18-4-3-5-20(23)22(18)11-14/h3-7,9,14,16H,8,10-13H2,1-2H3. The Labute approximate surface area is 147 Å². The Kier molecular flexibility index (Phi) is 4.25. The molecule has 5 heteroatoms. The van der Waals surface area contributed by atoms with E-state index in [2.05, 4.69) is 17.0 Å². The highest BCUT2D eigenvalue weighted by atomic mass is 16.5. The maximum Gasteiger partial charge on any atom is 0.250 e. The number of rotatable bonds is 4. The number of likely N-dealkylation sites (tertiary alicyclic amines) is 1. The molecule has 2 aliphatic rings. The largest absolute Gasteiger partial charge is 0.497 e. The maximum atomic E-state index is 12.1. The van der Waals surface area contributed by atoms with Crippen molar-refractivity contribution in [3.8, 4) is 11.5 Å². The first-order chi connectivity index (χ1) is 12.2. The molecule has 0 amide bonds. The van der Waals surface area contributed by atoms with Crippen molar-refractivity contribution in [2.24, 2.45) is 5.92 Å². The van der Waals surface area contributed by atoms with Gasteiger partial charge < -0.3 is 14.0 Å². The molecule has 0 spiro atoms. The third-order valence-electron chi connectivity index (χ3n) is 5.44. The number of pyridine rings is 1. The highest BCUT2D eigenvalue weighted by molar-refractivity contribution is 5.40. The van der Waals surface area contributed by atoms with Crippen LogP contribution < -0.4 is 15.0 Å². The fourth-order valence-electron chi connectivity index (χ4n) is 4.35. The topological polar surface area (TPSA) is 43.7 Å². The zero-order chi connectivity index (χ0) is 17.4. The lowest BCUT2D eigenvalue weighted by atomic mass is 9.83. The van der Waals surface area contributed by atoms with Crippen LogP contribution in [0.3, 0.4) is 0 Å². The number of ether oxygens (including phenoxy) is 2. The zero-order valence-electron chi connectivity index (χ0n) is 14.8. The molecule has 2 unspecified atom stereocenters. The molecule has 0 radical (unpaired) electrons. The minimum atomic E-state index is 0.137. The van der Waals surface area contributed by atoms with Crippen LogP contribution in [0.4, 0.5) is 0 Å². The fourth-order valence-corrected chi connectivity index (χ4v) is 4.35. The molecule has 3 heterocycles. The van der Waals surface area contributed by atoms with E-state index < -0.39 is 0 Å². The second-order valence-electron chi connectivity index (χ2n) is 7.07. The van der Waals surface area contributed by atoms with Gasteiger partial charge in [0.25, 0.3) is 5.56 Å². The minimum absolute atomic E-state index is 0.137. The van der Waals surface area contributed by atoms with Crippen LogP contribution in [0.1, 0.15) is 23.6 Å². The molecule has 1 saturated heterocycles. The van der Waals surface area contributed by atoms with Gasteiger partial charge in [0.05, 0.1) is 14.2 Å². The first kappa shape index (κ1) is 16.2. The summed E-state index contributed by atoms with van der Waals surface area (Å²) in [5, 5.41) is 0. The number of hydrogen-bond donors (Lipinski definition) is 0. The van der Waals surface area contributed by atoms with E-state index in [1.165, 1.54) is 17.7 Å².